The van der Waals surface area contributed by atoms with Gasteiger partial charge in [-0.25, -0.2) is 4.79 Å². The number of ether oxygens (including phenoxy) is 2. The highest BCUT2D eigenvalue weighted by atomic mass is 35.5. The summed E-state index contributed by atoms with van der Waals surface area (Å²) >= 11 is 11.7. The Hall–Kier alpha value is -1.13. The maximum absolute atomic E-state index is 11.7. The average molecular weight is 320 g/mol. The molecule has 0 aliphatic heterocycles. The van der Waals surface area contributed by atoms with E-state index in [4.69, 9.17) is 32.7 Å². The zero-order valence-electron chi connectivity index (χ0n) is 12.1. The number of amides is 1. The largest absolute Gasteiger partial charge is 0.492 e. The number of carbonyl (C=O) groups is 1. The Morgan fingerprint density at radius 1 is 1.25 bits per heavy atom. The number of nitrogens with zero attached hydrogens (tertiary/aromatic N) is 1. The molecule has 0 atom stereocenters. The Morgan fingerprint density at radius 3 is 2.45 bits per heavy atom. The Balaban J connectivity index is 2.40. The minimum absolute atomic E-state index is 0.341. The van der Waals surface area contributed by atoms with Crippen molar-refractivity contribution in [2.45, 2.75) is 26.4 Å². The van der Waals surface area contributed by atoms with E-state index in [1.165, 1.54) is 4.90 Å². The van der Waals surface area contributed by atoms with E-state index in [0.717, 1.165) is 0 Å². The summed E-state index contributed by atoms with van der Waals surface area (Å²) in [6.45, 7) is 6.23. The molecule has 0 aliphatic rings. The summed E-state index contributed by atoms with van der Waals surface area (Å²) in [7, 11) is 1.66. The summed E-state index contributed by atoms with van der Waals surface area (Å²) in [4.78, 5) is 13.2. The van der Waals surface area contributed by atoms with Crippen molar-refractivity contribution in [1.29, 1.82) is 0 Å². The Bertz CT molecular complexity index is 472. The van der Waals surface area contributed by atoms with Gasteiger partial charge in [-0.1, -0.05) is 23.2 Å². The van der Waals surface area contributed by atoms with Crippen molar-refractivity contribution in [1.82, 2.24) is 4.90 Å². The molecule has 1 aromatic carbocycles. The van der Waals surface area contributed by atoms with Crippen LogP contribution in [0.3, 0.4) is 0 Å². The standard InChI is InChI=1S/C14H19Cl2NO3/c1-14(2,3)20-13(18)17(4)7-8-19-10-5-6-11(15)12(16)9-10/h5-6,9H,7-8H2,1-4H3. The molecular weight excluding hydrogens is 301 g/mol. The number of likely N-dealkylation sites (N-methyl/N-ethyl adjacent to an activating group) is 1. The molecule has 0 fully saturated rings. The van der Waals surface area contributed by atoms with E-state index in [9.17, 15) is 4.79 Å². The summed E-state index contributed by atoms with van der Waals surface area (Å²) in [6, 6.07) is 5.02. The van der Waals surface area contributed by atoms with Crippen LogP contribution >= 0.6 is 23.2 Å². The second-order valence-corrected chi connectivity index (χ2v) is 6.14. The Kier molecular flexibility index (Phi) is 5.96. The van der Waals surface area contributed by atoms with Crippen LogP contribution in [-0.4, -0.2) is 36.8 Å². The van der Waals surface area contributed by atoms with Gasteiger partial charge in [-0.15, -0.1) is 0 Å². The van der Waals surface area contributed by atoms with E-state index < -0.39 is 5.60 Å². The van der Waals surface area contributed by atoms with Gasteiger partial charge in [0.2, 0.25) is 0 Å². The molecule has 0 radical (unpaired) electrons. The summed E-state index contributed by atoms with van der Waals surface area (Å²) in [5, 5.41) is 0.912. The van der Waals surface area contributed by atoms with E-state index in [1.807, 2.05) is 20.8 Å². The lowest BCUT2D eigenvalue weighted by Gasteiger charge is -2.24. The van der Waals surface area contributed by atoms with Gasteiger partial charge in [0.1, 0.15) is 18.0 Å². The number of hydrogen-bond acceptors (Lipinski definition) is 3. The van der Waals surface area contributed by atoms with Crippen molar-refractivity contribution in [2.75, 3.05) is 20.2 Å². The third-order valence-electron chi connectivity index (χ3n) is 2.29. The lowest BCUT2D eigenvalue weighted by atomic mass is 10.2. The molecule has 0 spiro atoms. The van der Waals surface area contributed by atoms with Crippen LogP contribution in [0.15, 0.2) is 18.2 Å². The smallest absolute Gasteiger partial charge is 0.410 e. The number of carbonyl (C=O) groups excluding carboxylic acids is 1. The molecule has 0 unspecified atom stereocenters. The number of halogens is 2. The Labute approximate surface area is 129 Å². The van der Waals surface area contributed by atoms with Gasteiger partial charge in [0, 0.05) is 13.1 Å². The van der Waals surface area contributed by atoms with Crippen molar-refractivity contribution >= 4 is 29.3 Å². The molecule has 0 heterocycles. The first kappa shape index (κ1) is 16.9. The third-order valence-corrected chi connectivity index (χ3v) is 3.03. The van der Waals surface area contributed by atoms with Crippen molar-refractivity contribution in [3.63, 3.8) is 0 Å². The monoisotopic (exact) mass is 319 g/mol. The number of hydrogen-bond donors (Lipinski definition) is 0. The Morgan fingerprint density at radius 2 is 1.90 bits per heavy atom. The lowest BCUT2D eigenvalue weighted by molar-refractivity contribution is 0.0278. The highest BCUT2D eigenvalue weighted by Crippen LogP contribution is 2.26. The first-order valence-corrected chi connectivity index (χ1v) is 6.96. The maximum atomic E-state index is 11.7. The minimum Gasteiger partial charge on any atom is -0.492 e. The first-order chi connectivity index (χ1) is 9.19. The summed E-state index contributed by atoms with van der Waals surface area (Å²) in [5.41, 5.74) is -0.504. The van der Waals surface area contributed by atoms with Crippen LogP contribution in [0.5, 0.6) is 5.75 Å². The van der Waals surface area contributed by atoms with Gasteiger partial charge < -0.3 is 14.4 Å². The lowest BCUT2D eigenvalue weighted by Crippen LogP contribution is -2.36. The molecule has 112 valence electrons. The first-order valence-electron chi connectivity index (χ1n) is 6.21. The fourth-order valence-corrected chi connectivity index (χ4v) is 1.59. The van der Waals surface area contributed by atoms with E-state index in [2.05, 4.69) is 0 Å². The zero-order chi connectivity index (χ0) is 15.3. The summed E-state index contributed by atoms with van der Waals surface area (Å²) < 4.78 is 10.7. The molecule has 0 bridgehead atoms. The highest BCUT2D eigenvalue weighted by molar-refractivity contribution is 6.42. The van der Waals surface area contributed by atoms with E-state index in [-0.39, 0.29) is 6.09 Å². The average Bonchev–Trinajstić information content (AvgIpc) is 2.31. The van der Waals surface area contributed by atoms with Gasteiger partial charge in [-0.05, 0) is 32.9 Å². The van der Waals surface area contributed by atoms with Crippen molar-refractivity contribution in [3.8, 4) is 5.75 Å². The fraction of sp³-hybridized carbons (Fsp3) is 0.500. The van der Waals surface area contributed by atoms with Gasteiger partial charge in [-0.2, -0.15) is 0 Å². The van der Waals surface area contributed by atoms with Crippen LogP contribution in [0.1, 0.15) is 20.8 Å². The predicted octanol–water partition coefficient (Wildman–Crippen LogP) is 4.24. The predicted molar refractivity (Wildman–Crippen MR) is 80.8 cm³/mol. The normalized spacial score (nSPS) is 11.1. The fourth-order valence-electron chi connectivity index (χ4n) is 1.30. The molecule has 1 rings (SSSR count). The van der Waals surface area contributed by atoms with Crippen LogP contribution in [-0.2, 0) is 4.74 Å². The number of rotatable bonds is 4. The second-order valence-electron chi connectivity index (χ2n) is 5.33. The molecule has 0 aromatic heterocycles. The van der Waals surface area contributed by atoms with Gasteiger partial charge >= 0.3 is 6.09 Å². The van der Waals surface area contributed by atoms with E-state index in [1.54, 1.807) is 25.2 Å². The molecular formula is C14H19Cl2NO3. The van der Waals surface area contributed by atoms with Gasteiger partial charge in [0.05, 0.1) is 16.6 Å². The molecule has 0 saturated heterocycles. The molecule has 0 aliphatic carbocycles. The molecule has 0 saturated carbocycles. The van der Waals surface area contributed by atoms with E-state index >= 15 is 0 Å². The topological polar surface area (TPSA) is 38.8 Å². The molecule has 0 N–H and O–H groups in total. The van der Waals surface area contributed by atoms with Crippen LogP contribution < -0.4 is 4.74 Å². The summed E-state index contributed by atoms with van der Waals surface area (Å²) in [6.07, 6.45) is -0.379. The maximum Gasteiger partial charge on any atom is 0.410 e. The van der Waals surface area contributed by atoms with Crippen LogP contribution in [0, 0.1) is 0 Å². The molecule has 20 heavy (non-hydrogen) atoms. The SMILES string of the molecule is CN(CCOc1ccc(Cl)c(Cl)c1)C(=O)OC(C)(C)C. The van der Waals surface area contributed by atoms with E-state index in [0.29, 0.717) is 28.9 Å². The molecule has 6 heteroatoms. The summed E-state index contributed by atoms with van der Waals surface area (Å²) in [5.74, 6) is 0.608. The quantitative estimate of drug-likeness (QED) is 0.833. The van der Waals surface area contributed by atoms with Gasteiger partial charge in [0.25, 0.3) is 0 Å². The van der Waals surface area contributed by atoms with Crippen molar-refractivity contribution < 1.29 is 14.3 Å². The minimum atomic E-state index is -0.504. The number of benzene rings is 1. The molecule has 1 aromatic rings. The second kappa shape index (κ2) is 7.04. The third kappa shape index (κ3) is 5.88. The van der Waals surface area contributed by atoms with Gasteiger partial charge in [-0.3, -0.25) is 0 Å². The molecule has 1 amide bonds. The van der Waals surface area contributed by atoms with Crippen LogP contribution in [0.25, 0.3) is 0 Å². The van der Waals surface area contributed by atoms with Crippen molar-refractivity contribution in [2.24, 2.45) is 0 Å². The molecule has 4 nitrogen and oxygen atoms in total. The van der Waals surface area contributed by atoms with Crippen LogP contribution in [0.2, 0.25) is 10.0 Å². The van der Waals surface area contributed by atoms with Gasteiger partial charge in [0.15, 0.2) is 0 Å². The van der Waals surface area contributed by atoms with Crippen molar-refractivity contribution in [3.05, 3.63) is 28.2 Å². The highest BCUT2D eigenvalue weighted by Gasteiger charge is 2.19. The van der Waals surface area contributed by atoms with Crippen LogP contribution in [0.4, 0.5) is 4.79 Å². The zero-order valence-corrected chi connectivity index (χ0v) is 13.6.